The number of fused-ring (bicyclic) bond motifs is 1. The molecule has 4 aromatic rings. The van der Waals surface area contributed by atoms with E-state index in [0.29, 0.717) is 21.7 Å². The van der Waals surface area contributed by atoms with Crippen LogP contribution in [0.1, 0.15) is 5.56 Å². The Balaban J connectivity index is 1.52. The van der Waals surface area contributed by atoms with Gasteiger partial charge in [0.2, 0.25) is 5.91 Å². The molecule has 1 amide bonds. The van der Waals surface area contributed by atoms with Crippen LogP contribution in [0.25, 0.3) is 22.3 Å². The van der Waals surface area contributed by atoms with Gasteiger partial charge in [0.25, 0.3) is 5.56 Å². The molecule has 3 heterocycles. The molecule has 134 valence electrons. The van der Waals surface area contributed by atoms with Gasteiger partial charge >= 0.3 is 0 Å². The third-order valence-corrected chi connectivity index (χ3v) is 4.80. The van der Waals surface area contributed by atoms with E-state index >= 15 is 0 Å². The number of nitrogens with zero attached hydrogens (tertiary/aromatic N) is 4. The Kier molecular flexibility index (Phi) is 4.47. The topological polar surface area (TPSA) is 89.8 Å². The van der Waals surface area contributed by atoms with Gasteiger partial charge in [0.15, 0.2) is 5.13 Å². The smallest absolute Gasteiger partial charge is 0.261 e. The fraction of sp³-hybridized carbons (Fsp3) is 0.105. The monoisotopic (exact) mass is 377 g/mol. The van der Waals surface area contributed by atoms with Crippen molar-refractivity contribution in [2.75, 3.05) is 5.32 Å². The molecule has 1 N–H and O–H groups in total. The average Bonchev–Trinajstić information content (AvgIpc) is 3.14. The summed E-state index contributed by atoms with van der Waals surface area (Å²) in [5.74, 6) is -0.340. The summed E-state index contributed by atoms with van der Waals surface area (Å²) in [6.07, 6.45) is 3.09. The fourth-order valence-corrected chi connectivity index (χ4v) is 3.45. The molecule has 0 saturated heterocycles. The zero-order valence-electron chi connectivity index (χ0n) is 14.4. The molecule has 3 aromatic heterocycles. The van der Waals surface area contributed by atoms with Gasteiger partial charge in [0.05, 0.1) is 22.9 Å². The van der Waals surface area contributed by atoms with Gasteiger partial charge < -0.3 is 5.32 Å². The van der Waals surface area contributed by atoms with Gasteiger partial charge in [0, 0.05) is 11.6 Å². The lowest BCUT2D eigenvalue weighted by molar-refractivity contribution is -0.116. The largest absolute Gasteiger partial charge is 0.300 e. The molecule has 0 aliphatic heterocycles. The molecular formula is C19H15N5O2S. The van der Waals surface area contributed by atoms with Crippen LogP contribution < -0.4 is 10.9 Å². The van der Waals surface area contributed by atoms with Gasteiger partial charge in [-0.25, -0.2) is 9.97 Å². The number of amides is 1. The van der Waals surface area contributed by atoms with Crippen molar-refractivity contribution in [3.63, 3.8) is 0 Å². The maximum absolute atomic E-state index is 12.6. The van der Waals surface area contributed by atoms with Gasteiger partial charge in [-0.05, 0) is 30.7 Å². The van der Waals surface area contributed by atoms with Crippen molar-refractivity contribution in [1.82, 2.24) is 19.5 Å². The molecule has 0 aliphatic rings. The molecular weight excluding hydrogens is 362 g/mol. The molecule has 27 heavy (non-hydrogen) atoms. The Morgan fingerprint density at radius 3 is 2.85 bits per heavy atom. The Morgan fingerprint density at radius 1 is 1.15 bits per heavy atom. The zero-order chi connectivity index (χ0) is 18.8. The van der Waals surface area contributed by atoms with Crippen molar-refractivity contribution >= 4 is 33.3 Å². The lowest BCUT2D eigenvalue weighted by Crippen LogP contribution is -2.28. The van der Waals surface area contributed by atoms with Gasteiger partial charge in [-0.1, -0.05) is 18.2 Å². The molecule has 7 nitrogen and oxygen atoms in total. The minimum absolute atomic E-state index is 0.131. The van der Waals surface area contributed by atoms with Crippen LogP contribution in [0.5, 0.6) is 0 Å². The Bertz CT molecular complexity index is 1180. The van der Waals surface area contributed by atoms with Crippen molar-refractivity contribution in [3.8, 4) is 11.4 Å². The van der Waals surface area contributed by atoms with Crippen molar-refractivity contribution in [3.05, 3.63) is 70.2 Å². The number of rotatable bonds is 4. The summed E-state index contributed by atoms with van der Waals surface area (Å²) in [4.78, 5) is 37.8. The van der Waals surface area contributed by atoms with E-state index in [9.17, 15) is 9.59 Å². The minimum Gasteiger partial charge on any atom is -0.300 e. The highest BCUT2D eigenvalue weighted by atomic mass is 32.1. The number of carbonyl (C=O) groups is 1. The van der Waals surface area contributed by atoms with Gasteiger partial charge in [-0.3, -0.25) is 19.1 Å². The number of carbonyl (C=O) groups excluding carboxylic acids is 1. The maximum Gasteiger partial charge on any atom is 0.261 e. The highest BCUT2D eigenvalue weighted by Crippen LogP contribution is 2.23. The molecule has 0 fully saturated rings. The zero-order valence-corrected chi connectivity index (χ0v) is 15.2. The summed E-state index contributed by atoms with van der Waals surface area (Å²) in [7, 11) is 0. The number of nitrogens with one attached hydrogen (secondary N) is 1. The van der Waals surface area contributed by atoms with E-state index in [1.54, 1.807) is 18.3 Å². The van der Waals surface area contributed by atoms with E-state index < -0.39 is 0 Å². The number of para-hydroxylation sites is 1. The number of pyridine rings is 1. The highest BCUT2D eigenvalue weighted by Gasteiger charge is 2.12. The third kappa shape index (κ3) is 3.47. The summed E-state index contributed by atoms with van der Waals surface area (Å²) in [6, 6.07) is 11.0. The Hall–Kier alpha value is -3.39. The van der Waals surface area contributed by atoms with E-state index in [1.165, 1.54) is 22.2 Å². The molecule has 0 aliphatic carbocycles. The predicted molar refractivity (Wildman–Crippen MR) is 105 cm³/mol. The molecule has 0 bridgehead atoms. The molecule has 0 radical (unpaired) electrons. The first kappa shape index (κ1) is 17.0. The van der Waals surface area contributed by atoms with Crippen LogP contribution in [0.4, 0.5) is 5.13 Å². The van der Waals surface area contributed by atoms with Crippen molar-refractivity contribution in [2.24, 2.45) is 0 Å². The van der Waals surface area contributed by atoms with Gasteiger partial charge in [-0.2, -0.15) is 0 Å². The normalized spacial score (nSPS) is 10.9. The first-order chi connectivity index (χ1) is 13.1. The summed E-state index contributed by atoms with van der Waals surface area (Å²) < 4.78 is 1.30. The molecule has 0 atom stereocenters. The number of benzene rings is 1. The van der Waals surface area contributed by atoms with Gasteiger partial charge in [-0.15, -0.1) is 11.3 Å². The number of thiazole rings is 1. The van der Waals surface area contributed by atoms with Crippen LogP contribution in [0.2, 0.25) is 0 Å². The quantitative estimate of drug-likeness (QED) is 0.591. The van der Waals surface area contributed by atoms with Crippen molar-refractivity contribution < 1.29 is 4.79 Å². The van der Waals surface area contributed by atoms with Gasteiger partial charge in [0.1, 0.15) is 12.2 Å². The number of hydrogen-bond acceptors (Lipinski definition) is 6. The standard InChI is InChI=1S/C19H15N5O2S/c1-12-5-4-6-13-17(12)21-11-24(18(13)26)9-16(25)23-19-22-15(10-27-19)14-7-2-3-8-20-14/h2-8,10-11H,9H2,1H3,(H,22,23,25). The van der Waals surface area contributed by atoms with Crippen LogP contribution in [-0.2, 0) is 11.3 Å². The second-order valence-corrected chi connectivity index (χ2v) is 6.81. The number of aromatic nitrogens is 4. The third-order valence-electron chi connectivity index (χ3n) is 4.05. The number of aryl methyl sites for hydroxylation is 1. The molecule has 0 saturated carbocycles. The Labute approximate surface area is 158 Å². The second-order valence-electron chi connectivity index (χ2n) is 5.95. The molecule has 4 rings (SSSR count). The van der Waals surface area contributed by atoms with E-state index in [1.807, 2.05) is 36.6 Å². The summed E-state index contributed by atoms with van der Waals surface area (Å²) in [5.41, 5.74) is 2.76. The van der Waals surface area contributed by atoms with Crippen molar-refractivity contribution in [2.45, 2.75) is 13.5 Å². The van der Waals surface area contributed by atoms with Crippen LogP contribution >= 0.6 is 11.3 Å². The van der Waals surface area contributed by atoms with E-state index in [0.717, 1.165) is 11.3 Å². The van der Waals surface area contributed by atoms with Crippen LogP contribution in [0.15, 0.2) is 59.1 Å². The number of hydrogen-bond donors (Lipinski definition) is 1. The van der Waals surface area contributed by atoms with Crippen LogP contribution in [0, 0.1) is 6.92 Å². The lowest BCUT2D eigenvalue weighted by Gasteiger charge is -2.07. The maximum atomic E-state index is 12.6. The van der Waals surface area contributed by atoms with E-state index in [-0.39, 0.29) is 18.0 Å². The molecule has 1 aromatic carbocycles. The number of anilines is 1. The van der Waals surface area contributed by atoms with Crippen LogP contribution in [-0.4, -0.2) is 25.4 Å². The SMILES string of the molecule is Cc1cccc2c(=O)n(CC(=O)Nc3nc(-c4ccccn4)cs3)cnc12. The first-order valence-corrected chi connectivity index (χ1v) is 9.11. The predicted octanol–water partition coefficient (Wildman–Crippen LogP) is 2.86. The summed E-state index contributed by atoms with van der Waals surface area (Å²) >= 11 is 1.31. The van der Waals surface area contributed by atoms with Crippen LogP contribution in [0.3, 0.4) is 0 Å². The summed E-state index contributed by atoms with van der Waals surface area (Å²) in [5, 5.41) is 5.50. The lowest BCUT2D eigenvalue weighted by atomic mass is 10.1. The molecule has 8 heteroatoms. The van der Waals surface area contributed by atoms with E-state index in [2.05, 4.69) is 20.3 Å². The fourth-order valence-electron chi connectivity index (χ4n) is 2.73. The van der Waals surface area contributed by atoms with E-state index in [4.69, 9.17) is 0 Å². The summed E-state index contributed by atoms with van der Waals surface area (Å²) in [6.45, 7) is 1.77. The molecule has 0 unspecified atom stereocenters. The average molecular weight is 377 g/mol. The Morgan fingerprint density at radius 2 is 2.04 bits per heavy atom. The second kappa shape index (κ2) is 7.08. The first-order valence-electron chi connectivity index (χ1n) is 8.23. The molecule has 0 spiro atoms. The highest BCUT2D eigenvalue weighted by molar-refractivity contribution is 7.14. The minimum atomic E-state index is -0.340. The van der Waals surface area contributed by atoms with Crippen molar-refractivity contribution in [1.29, 1.82) is 0 Å².